The van der Waals surface area contributed by atoms with E-state index in [0.717, 1.165) is 5.56 Å². The quantitative estimate of drug-likeness (QED) is 0.750. The molecule has 88 valence electrons. The van der Waals surface area contributed by atoms with Gasteiger partial charge in [0.2, 0.25) is 5.88 Å². The van der Waals surface area contributed by atoms with Crippen molar-refractivity contribution in [2.45, 2.75) is 18.7 Å². The van der Waals surface area contributed by atoms with Crippen LogP contribution in [0, 0.1) is 0 Å². The molecule has 0 aromatic carbocycles. The monoisotopic (exact) mass is 224 g/mol. The molecule has 0 saturated carbocycles. The molecule has 2 unspecified atom stereocenters. The normalized spacial score (nSPS) is 24.6. The second kappa shape index (κ2) is 5.25. The summed E-state index contributed by atoms with van der Waals surface area (Å²) < 4.78 is 10.2. The third kappa shape index (κ3) is 2.69. The van der Waals surface area contributed by atoms with E-state index in [2.05, 4.69) is 10.3 Å². The summed E-state index contributed by atoms with van der Waals surface area (Å²) in [5, 5.41) is 12.8. The number of aliphatic hydroxyl groups is 1. The van der Waals surface area contributed by atoms with Crippen LogP contribution in [0.2, 0.25) is 0 Å². The Kier molecular flexibility index (Phi) is 3.71. The van der Waals surface area contributed by atoms with Crippen molar-refractivity contribution in [3.8, 4) is 5.88 Å². The minimum atomic E-state index is -0.413. The molecule has 1 aliphatic rings. The maximum Gasteiger partial charge on any atom is 0.213 e. The number of aromatic nitrogens is 1. The minimum Gasteiger partial charge on any atom is -0.481 e. The summed E-state index contributed by atoms with van der Waals surface area (Å²) in [7, 11) is 1.59. The van der Waals surface area contributed by atoms with Crippen LogP contribution in [0.4, 0.5) is 0 Å². The molecule has 1 fully saturated rings. The van der Waals surface area contributed by atoms with E-state index in [9.17, 15) is 5.11 Å². The molecule has 5 heteroatoms. The van der Waals surface area contributed by atoms with E-state index in [0.29, 0.717) is 25.6 Å². The SMILES string of the molecule is COc1cc(CNC2COCC2O)ccn1. The van der Waals surface area contributed by atoms with E-state index in [1.807, 2.05) is 12.1 Å². The van der Waals surface area contributed by atoms with Gasteiger partial charge in [-0.1, -0.05) is 0 Å². The van der Waals surface area contributed by atoms with Crippen LogP contribution in [-0.4, -0.2) is 42.6 Å². The summed E-state index contributed by atoms with van der Waals surface area (Å²) in [4.78, 5) is 4.03. The van der Waals surface area contributed by atoms with E-state index < -0.39 is 6.10 Å². The highest BCUT2D eigenvalue weighted by Crippen LogP contribution is 2.10. The highest BCUT2D eigenvalue weighted by atomic mass is 16.5. The highest BCUT2D eigenvalue weighted by Gasteiger charge is 2.25. The Hall–Kier alpha value is -1.17. The molecule has 0 amide bonds. The molecule has 1 saturated heterocycles. The summed E-state index contributed by atoms with van der Waals surface area (Å²) in [5.41, 5.74) is 1.07. The smallest absolute Gasteiger partial charge is 0.213 e. The number of nitrogens with one attached hydrogen (secondary N) is 1. The standard InChI is InChI=1S/C11H16N2O3/c1-15-11-4-8(2-3-12-11)5-13-9-6-16-7-10(9)14/h2-4,9-10,13-14H,5-7H2,1H3. The molecule has 0 radical (unpaired) electrons. The van der Waals surface area contributed by atoms with Gasteiger partial charge in [-0.15, -0.1) is 0 Å². The van der Waals surface area contributed by atoms with Gasteiger partial charge in [0.1, 0.15) is 0 Å². The number of rotatable bonds is 4. The number of methoxy groups -OCH3 is 1. The fourth-order valence-corrected chi connectivity index (χ4v) is 1.66. The van der Waals surface area contributed by atoms with Gasteiger partial charge in [0.15, 0.2) is 0 Å². The number of ether oxygens (including phenoxy) is 2. The first-order valence-electron chi connectivity index (χ1n) is 5.27. The lowest BCUT2D eigenvalue weighted by Gasteiger charge is -2.14. The van der Waals surface area contributed by atoms with E-state index >= 15 is 0 Å². The van der Waals surface area contributed by atoms with Crippen molar-refractivity contribution in [2.75, 3.05) is 20.3 Å². The van der Waals surface area contributed by atoms with Crippen LogP contribution in [0.3, 0.4) is 0 Å². The number of aliphatic hydroxyl groups excluding tert-OH is 1. The lowest BCUT2D eigenvalue weighted by Crippen LogP contribution is -2.38. The zero-order valence-electron chi connectivity index (χ0n) is 9.22. The van der Waals surface area contributed by atoms with Crippen molar-refractivity contribution >= 4 is 0 Å². The van der Waals surface area contributed by atoms with Crippen molar-refractivity contribution in [3.63, 3.8) is 0 Å². The van der Waals surface area contributed by atoms with Crippen LogP contribution in [-0.2, 0) is 11.3 Å². The fourth-order valence-electron chi connectivity index (χ4n) is 1.66. The predicted molar refractivity (Wildman–Crippen MR) is 58.2 cm³/mol. The highest BCUT2D eigenvalue weighted by molar-refractivity contribution is 5.20. The van der Waals surface area contributed by atoms with Gasteiger partial charge in [0.25, 0.3) is 0 Å². The Bertz CT molecular complexity index is 346. The minimum absolute atomic E-state index is 0.0131. The summed E-state index contributed by atoms with van der Waals surface area (Å²) in [5.74, 6) is 0.600. The number of hydrogen-bond donors (Lipinski definition) is 2. The summed E-state index contributed by atoms with van der Waals surface area (Å²) in [6, 6.07) is 3.80. The van der Waals surface area contributed by atoms with Crippen LogP contribution >= 0.6 is 0 Å². The first-order chi connectivity index (χ1) is 7.79. The topological polar surface area (TPSA) is 63.6 Å². The zero-order chi connectivity index (χ0) is 11.4. The largest absolute Gasteiger partial charge is 0.481 e. The summed E-state index contributed by atoms with van der Waals surface area (Å²) in [6.45, 7) is 1.64. The molecule has 2 heterocycles. The molecule has 0 spiro atoms. The molecule has 1 aromatic rings. The maximum atomic E-state index is 9.54. The second-order valence-electron chi connectivity index (χ2n) is 3.80. The van der Waals surface area contributed by atoms with Gasteiger partial charge >= 0.3 is 0 Å². The third-order valence-corrected chi connectivity index (χ3v) is 2.63. The lowest BCUT2D eigenvalue weighted by molar-refractivity contribution is 0.122. The van der Waals surface area contributed by atoms with E-state index in [-0.39, 0.29) is 6.04 Å². The maximum absolute atomic E-state index is 9.54. The molecule has 5 nitrogen and oxygen atoms in total. The van der Waals surface area contributed by atoms with Crippen LogP contribution in [0.5, 0.6) is 5.88 Å². The van der Waals surface area contributed by atoms with Gasteiger partial charge in [0.05, 0.1) is 32.5 Å². The Morgan fingerprint density at radius 1 is 1.62 bits per heavy atom. The van der Waals surface area contributed by atoms with Gasteiger partial charge in [-0.05, 0) is 11.6 Å². The van der Waals surface area contributed by atoms with Crippen LogP contribution in [0.1, 0.15) is 5.56 Å². The molecule has 2 N–H and O–H groups in total. The third-order valence-electron chi connectivity index (χ3n) is 2.63. The molecule has 16 heavy (non-hydrogen) atoms. The van der Waals surface area contributed by atoms with Crippen molar-refractivity contribution < 1.29 is 14.6 Å². The predicted octanol–water partition coefficient (Wildman–Crippen LogP) is -0.0605. The zero-order valence-corrected chi connectivity index (χ0v) is 9.22. The second-order valence-corrected chi connectivity index (χ2v) is 3.80. The van der Waals surface area contributed by atoms with E-state index in [4.69, 9.17) is 9.47 Å². The van der Waals surface area contributed by atoms with Crippen LogP contribution in [0.15, 0.2) is 18.3 Å². The number of hydrogen-bond acceptors (Lipinski definition) is 5. The Morgan fingerprint density at radius 2 is 2.50 bits per heavy atom. The fraction of sp³-hybridized carbons (Fsp3) is 0.545. The first-order valence-corrected chi connectivity index (χ1v) is 5.27. The Labute approximate surface area is 94.4 Å². The molecule has 2 rings (SSSR count). The molecule has 2 atom stereocenters. The average molecular weight is 224 g/mol. The van der Waals surface area contributed by atoms with Crippen molar-refractivity contribution in [3.05, 3.63) is 23.9 Å². The van der Waals surface area contributed by atoms with Crippen molar-refractivity contribution in [2.24, 2.45) is 0 Å². The number of nitrogens with zero attached hydrogens (tertiary/aromatic N) is 1. The van der Waals surface area contributed by atoms with Crippen molar-refractivity contribution in [1.82, 2.24) is 10.3 Å². The van der Waals surface area contributed by atoms with Gasteiger partial charge < -0.3 is 19.9 Å². The van der Waals surface area contributed by atoms with Gasteiger partial charge in [-0.3, -0.25) is 0 Å². The molecular weight excluding hydrogens is 208 g/mol. The summed E-state index contributed by atoms with van der Waals surface area (Å²) >= 11 is 0. The van der Waals surface area contributed by atoms with Crippen LogP contribution in [0.25, 0.3) is 0 Å². The molecule has 0 aliphatic carbocycles. The lowest BCUT2D eigenvalue weighted by atomic mass is 10.2. The molecule has 1 aromatic heterocycles. The number of pyridine rings is 1. The van der Waals surface area contributed by atoms with E-state index in [1.165, 1.54) is 0 Å². The van der Waals surface area contributed by atoms with Crippen LogP contribution < -0.4 is 10.1 Å². The van der Waals surface area contributed by atoms with Gasteiger partial charge in [-0.25, -0.2) is 4.98 Å². The van der Waals surface area contributed by atoms with Gasteiger partial charge in [-0.2, -0.15) is 0 Å². The average Bonchev–Trinajstić information content (AvgIpc) is 2.72. The molecule has 1 aliphatic heterocycles. The summed E-state index contributed by atoms with van der Waals surface area (Å²) in [6.07, 6.45) is 1.29. The Balaban J connectivity index is 1.88. The van der Waals surface area contributed by atoms with E-state index in [1.54, 1.807) is 13.3 Å². The van der Waals surface area contributed by atoms with Gasteiger partial charge in [0, 0.05) is 18.8 Å². The van der Waals surface area contributed by atoms with Crippen molar-refractivity contribution in [1.29, 1.82) is 0 Å². The molecular formula is C11H16N2O3. The Morgan fingerprint density at radius 3 is 3.19 bits per heavy atom. The molecule has 0 bridgehead atoms. The first kappa shape index (κ1) is 11.3.